The second kappa shape index (κ2) is 5.03. The van der Waals surface area contributed by atoms with Gasteiger partial charge in [-0.2, -0.15) is 0 Å². The van der Waals surface area contributed by atoms with Gasteiger partial charge in [-0.05, 0) is 26.2 Å². The molecule has 1 aromatic heterocycles. The lowest BCUT2D eigenvalue weighted by Crippen LogP contribution is -2.46. The van der Waals surface area contributed by atoms with Crippen LogP contribution in [0.1, 0.15) is 42.3 Å². The van der Waals surface area contributed by atoms with E-state index in [1.54, 1.807) is 11.8 Å². The second-order valence-corrected chi connectivity index (χ2v) is 5.03. The van der Waals surface area contributed by atoms with Crippen molar-refractivity contribution in [2.24, 2.45) is 5.41 Å². The van der Waals surface area contributed by atoms with E-state index in [0.717, 1.165) is 0 Å². The van der Waals surface area contributed by atoms with Crippen molar-refractivity contribution in [3.8, 4) is 0 Å². The molecule has 6 nitrogen and oxygen atoms in total. The van der Waals surface area contributed by atoms with Gasteiger partial charge >= 0.3 is 5.97 Å². The third-order valence-corrected chi connectivity index (χ3v) is 4.12. The highest BCUT2D eigenvalue weighted by Crippen LogP contribution is 2.35. The summed E-state index contributed by atoms with van der Waals surface area (Å²) in [5.41, 5.74) is -0.222. The van der Waals surface area contributed by atoms with Crippen LogP contribution in [-0.2, 0) is 4.79 Å². The molecule has 104 valence electrons. The van der Waals surface area contributed by atoms with Gasteiger partial charge in [-0.25, -0.2) is 0 Å². The molecule has 0 atom stereocenters. The Morgan fingerprint density at radius 2 is 2.11 bits per heavy atom. The normalized spacial score (nSPS) is 18.3. The fourth-order valence-electron chi connectivity index (χ4n) is 2.53. The smallest absolute Gasteiger partial charge is 0.309 e. The molecule has 2 heterocycles. The van der Waals surface area contributed by atoms with Crippen LogP contribution in [-0.4, -0.2) is 40.1 Å². The predicted octanol–water partition coefficient (Wildman–Crippen LogP) is 1.70. The molecule has 1 fully saturated rings. The van der Waals surface area contributed by atoms with Crippen molar-refractivity contribution in [1.29, 1.82) is 0 Å². The van der Waals surface area contributed by atoms with Crippen molar-refractivity contribution in [3.05, 3.63) is 17.5 Å². The maximum absolute atomic E-state index is 12.2. The molecule has 0 spiro atoms. The van der Waals surface area contributed by atoms with Crippen LogP contribution >= 0.6 is 0 Å². The van der Waals surface area contributed by atoms with E-state index in [0.29, 0.717) is 43.7 Å². The number of aromatic nitrogens is 1. The lowest BCUT2D eigenvalue weighted by atomic mass is 9.76. The quantitative estimate of drug-likeness (QED) is 0.900. The van der Waals surface area contributed by atoms with Gasteiger partial charge < -0.3 is 14.5 Å². The van der Waals surface area contributed by atoms with Crippen molar-refractivity contribution in [1.82, 2.24) is 10.1 Å². The zero-order valence-corrected chi connectivity index (χ0v) is 11.2. The maximum atomic E-state index is 12.2. The first-order chi connectivity index (χ1) is 9.00. The standard InChI is InChI=1S/C13H18N2O4/c1-3-13(12(17)18)4-6-15(7-5-13)11(16)10-8-14-19-9(10)2/h8H,3-7H2,1-2H3,(H,17,18). The van der Waals surface area contributed by atoms with Gasteiger partial charge in [0.2, 0.25) is 0 Å². The first-order valence-corrected chi connectivity index (χ1v) is 6.44. The molecule has 1 amide bonds. The van der Waals surface area contributed by atoms with E-state index in [-0.39, 0.29) is 5.91 Å². The van der Waals surface area contributed by atoms with Crippen molar-refractivity contribution in [2.75, 3.05) is 13.1 Å². The molecule has 0 saturated carbocycles. The average molecular weight is 266 g/mol. The molecular formula is C13H18N2O4. The summed E-state index contributed by atoms with van der Waals surface area (Å²) in [4.78, 5) is 25.2. The molecule has 0 bridgehead atoms. The molecule has 6 heteroatoms. The van der Waals surface area contributed by atoms with E-state index in [1.807, 2.05) is 6.92 Å². The lowest BCUT2D eigenvalue weighted by molar-refractivity contribution is -0.152. The Balaban J connectivity index is 2.06. The summed E-state index contributed by atoms with van der Waals surface area (Å²) in [6.07, 6.45) is 3.00. The number of likely N-dealkylation sites (tertiary alicyclic amines) is 1. The number of piperidine rings is 1. The van der Waals surface area contributed by atoms with Gasteiger partial charge in [-0.3, -0.25) is 9.59 Å². The Hall–Kier alpha value is -1.85. The Morgan fingerprint density at radius 1 is 1.47 bits per heavy atom. The molecule has 0 radical (unpaired) electrons. The Labute approximate surface area is 111 Å². The fraction of sp³-hybridized carbons (Fsp3) is 0.615. The van der Waals surface area contributed by atoms with Crippen LogP contribution in [0.15, 0.2) is 10.7 Å². The summed E-state index contributed by atoms with van der Waals surface area (Å²) in [5, 5.41) is 12.9. The van der Waals surface area contributed by atoms with E-state index in [4.69, 9.17) is 4.52 Å². The van der Waals surface area contributed by atoms with Gasteiger partial charge in [0.05, 0.1) is 11.6 Å². The number of hydrogen-bond donors (Lipinski definition) is 1. The second-order valence-electron chi connectivity index (χ2n) is 5.03. The van der Waals surface area contributed by atoms with Crippen molar-refractivity contribution >= 4 is 11.9 Å². The topological polar surface area (TPSA) is 83.6 Å². The van der Waals surface area contributed by atoms with Gasteiger partial charge in [0.1, 0.15) is 11.3 Å². The number of hydrogen-bond acceptors (Lipinski definition) is 4. The number of nitrogens with zero attached hydrogens (tertiary/aromatic N) is 2. The van der Waals surface area contributed by atoms with Crippen molar-refractivity contribution < 1.29 is 19.2 Å². The summed E-state index contributed by atoms with van der Waals surface area (Å²) in [5.74, 6) is -0.396. The molecule has 19 heavy (non-hydrogen) atoms. The summed E-state index contributed by atoms with van der Waals surface area (Å²) in [6.45, 7) is 4.50. The van der Waals surface area contributed by atoms with Crippen LogP contribution in [0.4, 0.5) is 0 Å². The largest absolute Gasteiger partial charge is 0.481 e. The summed E-state index contributed by atoms with van der Waals surface area (Å²) in [7, 11) is 0. The molecule has 2 rings (SSSR count). The minimum Gasteiger partial charge on any atom is -0.481 e. The third-order valence-electron chi connectivity index (χ3n) is 4.12. The van der Waals surface area contributed by atoms with Crippen LogP contribution in [0, 0.1) is 12.3 Å². The minimum atomic E-state index is -0.761. The maximum Gasteiger partial charge on any atom is 0.309 e. The van der Waals surface area contributed by atoms with E-state index in [1.165, 1.54) is 6.20 Å². The molecule has 0 aromatic carbocycles. The monoisotopic (exact) mass is 266 g/mol. The molecule has 1 aliphatic rings. The number of carbonyl (C=O) groups is 2. The highest BCUT2D eigenvalue weighted by molar-refractivity contribution is 5.95. The molecule has 1 aliphatic heterocycles. The highest BCUT2D eigenvalue weighted by Gasteiger charge is 2.41. The van der Waals surface area contributed by atoms with E-state index in [9.17, 15) is 14.7 Å². The third kappa shape index (κ3) is 2.34. The van der Waals surface area contributed by atoms with Gasteiger partial charge in [0.15, 0.2) is 0 Å². The first-order valence-electron chi connectivity index (χ1n) is 6.44. The van der Waals surface area contributed by atoms with Crippen LogP contribution < -0.4 is 0 Å². The highest BCUT2D eigenvalue weighted by atomic mass is 16.5. The Morgan fingerprint density at radius 3 is 2.53 bits per heavy atom. The molecule has 1 saturated heterocycles. The summed E-state index contributed by atoms with van der Waals surface area (Å²) in [6, 6.07) is 0. The molecule has 0 unspecified atom stereocenters. The molecule has 1 aromatic rings. The number of carboxylic acid groups (broad SMARTS) is 1. The Bertz CT molecular complexity index is 487. The summed E-state index contributed by atoms with van der Waals surface area (Å²) >= 11 is 0. The van der Waals surface area contributed by atoms with Gasteiger partial charge in [-0.1, -0.05) is 12.1 Å². The van der Waals surface area contributed by atoms with Crippen LogP contribution in [0.2, 0.25) is 0 Å². The zero-order valence-electron chi connectivity index (χ0n) is 11.2. The lowest BCUT2D eigenvalue weighted by Gasteiger charge is -2.38. The van der Waals surface area contributed by atoms with Gasteiger partial charge in [0.25, 0.3) is 5.91 Å². The van der Waals surface area contributed by atoms with Crippen LogP contribution in [0.5, 0.6) is 0 Å². The fourth-order valence-corrected chi connectivity index (χ4v) is 2.53. The number of carbonyl (C=O) groups excluding carboxylic acids is 1. The number of carboxylic acids is 1. The predicted molar refractivity (Wildman–Crippen MR) is 66.7 cm³/mol. The SMILES string of the molecule is CCC1(C(=O)O)CCN(C(=O)c2cnoc2C)CC1. The number of amides is 1. The van der Waals surface area contributed by atoms with E-state index in [2.05, 4.69) is 5.16 Å². The first kappa shape index (κ1) is 13.6. The van der Waals surface area contributed by atoms with Gasteiger partial charge in [0, 0.05) is 13.1 Å². The number of rotatable bonds is 3. The van der Waals surface area contributed by atoms with Crippen LogP contribution in [0.25, 0.3) is 0 Å². The molecule has 1 N–H and O–H groups in total. The van der Waals surface area contributed by atoms with Crippen molar-refractivity contribution in [2.45, 2.75) is 33.1 Å². The average Bonchev–Trinajstić information content (AvgIpc) is 2.84. The summed E-state index contributed by atoms with van der Waals surface area (Å²) < 4.78 is 4.89. The number of aryl methyl sites for hydroxylation is 1. The number of aliphatic carboxylic acids is 1. The van der Waals surface area contributed by atoms with Crippen LogP contribution in [0.3, 0.4) is 0 Å². The van der Waals surface area contributed by atoms with Gasteiger partial charge in [-0.15, -0.1) is 0 Å². The zero-order chi connectivity index (χ0) is 14.0. The molecule has 0 aliphatic carbocycles. The molecular weight excluding hydrogens is 248 g/mol. The van der Waals surface area contributed by atoms with Crippen molar-refractivity contribution in [3.63, 3.8) is 0 Å². The Kier molecular flexibility index (Phi) is 3.59. The minimum absolute atomic E-state index is 0.131. The van der Waals surface area contributed by atoms with E-state index < -0.39 is 11.4 Å². The van der Waals surface area contributed by atoms with E-state index >= 15 is 0 Å².